The summed E-state index contributed by atoms with van der Waals surface area (Å²) >= 11 is 0. The first-order valence-corrected chi connectivity index (χ1v) is 26.3. The van der Waals surface area contributed by atoms with Gasteiger partial charge < -0.3 is 23.5 Å². The minimum Gasteiger partial charge on any atom is -0.456 e. The van der Waals surface area contributed by atoms with Crippen LogP contribution < -0.4 is 31.1 Å². The second-order valence-corrected chi connectivity index (χ2v) is 24.2. The second-order valence-electron chi connectivity index (χ2n) is 24.2. The molecule has 0 radical (unpaired) electrons. The van der Waals surface area contributed by atoms with Gasteiger partial charge in [0.05, 0.1) is 5.54 Å². The number of hydrogen-bond donors (Lipinski definition) is 0. The molecular formula is C66H62BN3O2. The van der Waals surface area contributed by atoms with Gasteiger partial charge in [-0.05, 0) is 168 Å². The van der Waals surface area contributed by atoms with Crippen molar-refractivity contribution in [3.05, 3.63) is 173 Å². The van der Waals surface area contributed by atoms with Gasteiger partial charge in [0.1, 0.15) is 22.3 Å². The summed E-state index contributed by atoms with van der Waals surface area (Å²) in [7, 11) is 0. The number of hydrogen-bond acceptors (Lipinski definition) is 5. The summed E-state index contributed by atoms with van der Waals surface area (Å²) in [4.78, 5) is 8.01. The van der Waals surface area contributed by atoms with Crippen LogP contribution in [-0.2, 0) is 16.2 Å². The van der Waals surface area contributed by atoms with E-state index in [4.69, 9.17) is 8.83 Å². The number of rotatable bonds is 3. The molecule has 5 nitrogen and oxygen atoms in total. The Bertz CT molecular complexity index is 3750. The number of furan rings is 2. The van der Waals surface area contributed by atoms with Gasteiger partial charge in [-0.1, -0.05) is 128 Å². The molecule has 2 unspecified atom stereocenters. The molecule has 0 bridgehead atoms. The lowest BCUT2D eigenvalue weighted by Gasteiger charge is -2.51. The Morgan fingerprint density at radius 1 is 0.472 bits per heavy atom. The van der Waals surface area contributed by atoms with E-state index in [1.54, 1.807) is 0 Å². The van der Waals surface area contributed by atoms with Gasteiger partial charge >= 0.3 is 0 Å². The zero-order chi connectivity index (χ0) is 49.4. The van der Waals surface area contributed by atoms with Crippen LogP contribution in [0.25, 0.3) is 43.9 Å². The fourth-order valence-corrected chi connectivity index (χ4v) is 14.1. The molecule has 3 aliphatic heterocycles. The second kappa shape index (κ2) is 14.7. The van der Waals surface area contributed by atoms with Crippen LogP contribution in [0, 0.1) is 13.8 Å². The number of benzene rings is 8. The van der Waals surface area contributed by atoms with Gasteiger partial charge in [-0.25, -0.2) is 0 Å². The summed E-state index contributed by atoms with van der Waals surface area (Å²) in [5.41, 5.74) is 23.8. The van der Waals surface area contributed by atoms with E-state index in [-0.39, 0.29) is 28.5 Å². The average molecular weight is 940 g/mol. The predicted octanol–water partition coefficient (Wildman–Crippen LogP) is 16.5. The van der Waals surface area contributed by atoms with Crippen LogP contribution in [0.4, 0.5) is 45.5 Å². The molecule has 1 fully saturated rings. The van der Waals surface area contributed by atoms with E-state index in [9.17, 15) is 0 Å². The van der Waals surface area contributed by atoms with Crippen molar-refractivity contribution in [1.29, 1.82) is 0 Å². The quantitative estimate of drug-likeness (QED) is 0.165. The highest BCUT2D eigenvalue weighted by atomic mass is 16.3. The zero-order valence-corrected chi connectivity index (χ0v) is 43.4. The van der Waals surface area contributed by atoms with Crippen molar-refractivity contribution in [2.75, 3.05) is 14.7 Å². The van der Waals surface area contributed by atoms with Crippen LogP contribution in [0.1, 0.15) is 109 Å². The van der Waals surface area contributed by atoms with Gasteiger partial charge in [0, 0.05) is 72.5 Å². The van der Waals surface area contributed by atoms with E-state index in [1.807, 2.05) is 0 Å². The van der Waals surface area contributed by atoms with Crippen molar-refractivity contribution in [3.8, 4) is 0 Å². The molecule has 2 atom stereocenters. The highest BCUT2D eigenvalue weighted by Gasteiger charge is 2.59. The summed E-state index contributed by atoms with van der Waals surface area (Å²) in [6, 6.07) is 55.4. The first-order chi connectivity index (χ1) is 34.5. The maximum Gasteiger partial charge on any atom is 0.252 e. The third-order valence-electron chi connectivity index (χ3n) is 17.8. The van der Waals surface area contributed by atoms with Crippen molar-refractivity contribution < 1.29 is 8.83 Å². The highest BCUT2D eigenvalue weighted by molar-refractivity contribution is 7.00. The molecule has 2 aromatic heterocycles. The van der Waals surface area contributed by atoms with Crippen LogP contribution in [0.3, 0.4) is 0 Å². The molecule has 14 rings (SSSR count). The predicted molar refractivity (Wildman–Crippen MR) is 305 cm³/mol. The molecule has 356 valence electrons. The third-order valence-corrected chi connectivity index (χ3v) is 17.8. The Labute approximate surface area is 424 Å². The smallest absolute Gasteiger partial charge is 0.252 e. The third kappa shape index (κ3) is 5.95. The van der Waals surface area contributed by atoms with Crippen molar-refractivity contribution in [2.45, 2.75) is 117 Å². The molecule has 72 heavy (non-hydrogen) atoms. The summed E-state index contributed by atoms with van der Waals surface area (Å²) < 4.78 is 13.0. The number of fused-ring (bicyclic) bond motifs is 13. The van der Waals surface area contributed by atoms with E-state index in [0.717, 1.165) is 61.7 Å². The molecule has 0 N–H and O–H groups in total. The molecule has 1 aliphatic carbocycles. The lowest BCUT2D eigenvalue weighted by molar-refractivity contribution is 0.194. The fourth-order valence-electron chi connectivity index (χ4n) is 14.1. The van der Waals surface area contributed by atoms with Crippen molar-refractivity contribution >= 4 is 112 Å². The number of aryl methyl sites for hydroxylation is 2. The van der Waals surface area contributed by atoms with E-state index >= 15 is 0 Å². The topological polar surface area (TPSA) is 36.0 Å². The maximum atomic E-state index is 6.51. The van der Waals surface area contributed by atoms with E-state index in [2.05, 4.69) is 230 Å². The van der Waals surface area contributed by atoms with Gasteiger partial charge in [0.2, 0.25) is 0 Å². The van der Waals surface area contributed by atoms with Gasteiger partial charge in [0.15, 0.2) is 0 Å². The number of anilines is 8. The first-order valence-electron chi connectivity index (χ1n) is 26.3. The minimum absolute atomic E-state index is 0.0277. The van der Waals surface area contributed by atoms with Gasteiger partial charge in [-0.3, -0.25) is 0 Å². The van der Waals surface area contributed by atoms with Crippen molar-refractivity contribution in [2.24, 2.45) is 0 Å². The summed E-state index contributed by atoms with van der Waals surface area (Å²) in [5, 5.41) is 4.50. The molecular weight excluding hydrogens is 878 g/mol. The Kier molecular flexibility index (Phi) is 8.91. The Hall–Kier alpha value is -7.18. The molecule has 0 amide bonds. The van der Waals surface area contributed by atoms with Crippen molar-refractivity contribution in [1.82, 2.24) is 0 Å². The van der Waals surface area contributed by atoms with Gasteiger partial charge in [-0.15, -0.1) is 0 Å². The summed E-state index contributed by atoms with van der Waals surface area (Å²) in [6.45, 7) is 23.8. The SMILES string of the molecule is Cc1cc(C)c2c(c1)N(c1cc3c4c(c1)N(c1ccc5oc6ccccc6c5c1)c1ccc(C(C)(C)C)cc1B4c1cc(C(C)(C)C)ccc1N3c1ccc3oc4ccccc4c3c1)C1(C)CCCCC21C. The lowest BCUT2D eigenvalue weighted by atomic mass is 9.33. The Balaban J connectivity index is 1.13. The Morgan fingerprint density at radius 3 is 1.50 bits per heavy atom. The van der Waals surface area contributed by atoms with Gasteiger partial charge in [0.25, 0.3) is 6.71 Å². The highest BCUT2D eigenvalue weighted by Crippen LogP contribution is 2.63. The molecule has 5 heterocycles. The normalized spacial score (nSPS) is 19.3. The molecule has 8 aromatic carbocycles. The first kappa shape index (κ1) is 43.6. The van der Waals surface area contributed by atoms with Crippen LogP contribution in [0.15, 0.2) is 154 Å². The Morgan fingerprint density at radius 2 is 0.972 bits per heavy atom. The summed E-state index contributed by atoms with van der Waals surface area (Å²) in [6.07, 6.45) is 4.73. The van der Waals surface area contributed by atoms with Crippen LogP contribution in [0.5, 0.6) is 0 Å². The van der Waals surface area contributed by atoms with E-state index in [1.165, 1.54) is 97.6 Å². The summed E-state index contributed by atoms with van der Waals surface area (Å²) in [5.74, 6) is 0. The zero-order valence-electron chi connectivity index (χ0n) is 43.4. The van der Waals surface area contributed by atoms with Crippen LogP contribution in [-0.4, -0.2) is 12.3 Å². The van der Waals surface area contributed by atoms with E-state index in [0.29, 0.717) is 0 Å². The molecule has 4 aliphatic rings. The largest absolute Gasteiger partial charge is 0.456 e. The van der Waals surface area contributed by atoms with E-state index < -0.39 is 0 Å². The number of para-hydroxylation sites is 2. The minimum atomic E-state index is -0.159. The van der Waals surface area contributed by atoms with Gasteiger partial charge in [-0.2, -0.15) is 0 Å². The molecule has 1 saturated carbocycles. The molecule has 0 saturated heterocycles. The van der Waals surface area contributed by atoms with Crippen LogP contribution in [0.2, 0.25) is 0 Å². The van der Waals surface area contributed by atoms with Crippen molar-refractivity contribution in [3.63, 3.8) is 0 Å². The molecule has 0 spiro atoms. The monoisotopic (exact) mass is 939 g/mol. The molecule has 6 heteroatoms. The number of nitrogens with zero attached hydrogens (tertiary/aromatic N) is 3. The standard InChI is InChI=1S/C66H62BN3O2/c1-39-31-40(2)61-54(32-39)70(66(10)30-16-15-29-65(61,66)9)45-37-55-62-56(38-45)69(44-24-28-60-49(36-44)47-18-12-14-20-58(47)72-60)53-26-22-42(64(6,7)8)34-51(53)67(62)50-33-41(63(3,4)5)21-25-52(50)68(55)43-23-27-59-48(35-43)46-17-11-13-19-57(46)71-59/h11-14,17-28,31-38H,15-16,29-30H2,1-10H3. The maximum absolute atomic E-state index is 6.51. The fraction of sp³-hybridized carbons (Fsp3) is 0.273. The molecule has 10 aromatic rings. The van der Waals surface area contributed by atoms with Crippen LogP contribution >= 0.6 is 0 Å². The average Bonchev–Trinajstić information content (AvgIpc) is 3.98. The lowest BCUT2D eigenvalue weighted by Crippen LogP contribution is -2.62.